The van der Waals surface area contributed by atoms with E-state index in [1.165, 1.54) is 5.56 Å². The average molecular weight is 249 g/mol. The molecule has 1 rings (SSSR count). The number of hydrogen-bond acceptors (Lipinski definition) is 3. The molecule has 0 saturated carbocycles. The number of likely N-dealkylation sites (N-methyl/N-ethyl adjacent to an activating group) is 2. The van der Waals surface area contributed by atoms with Gasteiger partial charge in [-0.1, -0.05) is 25.1 Å². The van der Waals surface area contributed by atoms with Crippen LogP contribution in [0.1, 0.15) is 19.4 Å². The van der Waals surface area contributed by atoms with Gasteiger partial charge < -0.3 is 15.5 Å². The molecule has 4 nitrogen and oxygen atoms in total. The molecule has 18 heavy (non-hydrogen) atoms. The molecule has 2 N–H and O–H groups in total. The van der Waals surface area contributed by atoms with Crippen molar-refractivity contribution in [1.29, 1.82) is 0 Å². The number of benzene rings is 1. The molecule has 0 radical (unpaired) electrons. The van der Waals surface area contributed by atoms with Crippen molar-refractivity contribution in [2.75, 3.05) is 31.6 Å². The first-order valence-corrected chi connectivity index (χ1v) is 6.47. The second-order valence-corrected chi connectivity index (χ2v) is 4.10. The number of hydrogen-bond donors (Lipinski definition) is 2. The van der Waals surface area contributed by atoms with Gasteiger partial charge in [0.05, 0.1) is 6.54 Å². The molecule has 100 valence electrons. The van der Waals surface area contributed by atoms with Crippen molar-refractivity contribution in [2.24, 2.45) is 0 Å². The number of nitrogens with one attached hydrogen (secondary N) is 2. The Labute approximate surface area is 109 Å². The maximum absolute atomic E-state index is 11.5. The molecule has 0 heterocycles. The molecule has 4 heteroatoms. The lowest BCUT2D eigenvalue weighted by atomic mass is 10.1. The maximum atomic E-state index is 11.5. The minimum atomic E-state index is 0.0371. The molecule has 0 saturated heterocycles. The number of carbonyl (C=O) groups excluding carboxylic acids is 1. The summed E-state index contributed by atoms with van der Waals surface area (Å²) in [7, 11) is 1.67. The highest BCUT2D eigenvalue weighted by Crippen LogP contribution is 2.19. The van der Waals surface area contributed by atoms with Crippen molar-refractivity contribution >= 4 is 11.6 Å². The van der Waals surface area contributed by atoms with Gasteiger partial charge in [-0.2, -0.15) is 0 Å². The normalized spacial score (nSPS) is 10.2. The van der Waals surface area contributed by atoms with E-state index in [-0.39, 0.29) is 5.91 Å². The van der Waals surface area contributed by atoms with Crippen LogP contribution in [0.15, 0.2) is 24.3 Å². The molecular weight excluding hydrogens is 226 g/mol. The summed E-state index contributed by atoms with van der Waals surface area (Å²) in [6.45, 7) is 7.14. The Balaban J connectivity index is 2.86. The molecule has 0 aromatic heterocycles. The minimum absolute atomic E-state index is 0.0371. The molecular formula is C14H23N3O. The van der Waals surface area contributed by atoms with E-state index >= 15 is 0 Å². The smallest absolute Gasteiger partial charge is 0.239 e. The van der Waals surface area contributed by atoms with Gasteiger partial charge in [-0.25, -0.2) is 0 Å². The van der Waals surface area contributed by atoms with E-state index in [1.54, 1.807) is 7.05 Å². The molecule has 0 aliphatic rings. The Morgan fingerprint density at radius 3 is 2.61 bits per heavy atom. The van der Waals surface area contributed by atoms with Crippen molar-refractivity contribution in [1.82, 2.24) is 10.6 Å². The monoisotopic (exact) mass is 249 g/mol. The van der Waals surface area contributed by atoms with Gasteiger partial charge >= 0.3 is 0 Å². The Kier molecular flexibility index (Phi) is 6.22. The predicted octanol–water partition coefficient (Wildman–Crippen LogP) is 1.37. The topological polar surface area (TPSA) is 44.4 Å². The fraction of sp³-hybridized carbons (Fsp3) is 0.500. The van der Waals surface area contributed by atoms with Gasteiger partial charge in [0.15, 0.2) is 0 Å². The zero-order chi connectivity index (χ0) is 13.4. The van der Waals surface area contributed by atoms with Gasteiger partial charge in [0.1, 0.15) is 0 Å². The van der Waals surface area contributed by atoms with Crippen molar-refractivity contribution in [3.63, 3.8) is 0 Å². The van der Waals surface area contributed by atoms with Gasteiger partial charge in [-0.05, 0) is 25.1 Å². The summed E-state index contributed by atoms with van der Waals surface area (Å²) in [6.07, 6.45) is 0. The second kappa shape index (κ2) is 7.71. The third kappa shape index (κ3) is 4.04. The van der Waals surface area contributed by atoms with E-state index in [0.29, 0.717) is 6.54 Å². The predicted molar refractivity (Wildman–Crippen MR) is 75.8 cm³/mol. The standard InChI is InChI=1S/C14H23N3O/c1-4-16-10-12-8-6-7-9-13(12)17(5-2)11-14(18)15-3/h6-9,16H,4-5,10-11H2,1-3H3,(H,15,18). The van der Waals surface area contributed by atoms with Crippen molar-refractivity contribution < 1.29 is 4.79 Å². The molecule has 1 amide bonds. The minimum Gasteiger partial charge on any atom is -0.362 e. The highest BCUT2D eigenvalue weighted by molar-refractivity contribution is 5.81. The van der Waals surface area contributed by atoms with E-state index in [9.17, 15) is 4.79 Å². The van der Waals surface area contributed by atoms with E-state index in [2.05, 4.69) is 41.5 Å². The van der Waals surface area contributed by atoms with Crippen molar-refractivity contribution in [2.45, 2.75) is 20.4 Å². The maximum Gasteiger partial charge on any atom is 0.239 e. The van der Waals surface area contributed by atoms with E-state index in [4.69, 9.17) is 0 Å². The lowest BCUT2D eigenvalue weighted by Crippen LogP contribution is -2.36. The number of anilines is 1. The molecule has 1 aromatic carbocycles. The van der Waals surface area contributed by atoms with Crippen LogP contribution in [0.4, 0.5) is 5.69 Å². The number of rotatable bonds is 7. The summed E-state index contributed by atoms with van der Waals surface area (Å²) in [6, 6.07) is 8.21. The largest absolute Gasteiger partial charge is 0.362 e. The number of nitrogens with zero attached hydrogens (tertiary/aromatic N) is 1. The SMILES string of the molecule is CCNCc1ccccc1N(CC)CC(=O)NC. The van der Waals surface area contributed by atoms with Gasteiger partial charge in [0.25, 0.3) is 0 Å². The highest BCUT2D eigenvalue weighted by Gasteiger charge is 2.11. The van der Waals surface area contributed by atoms with E-state index in [1.807, 2.05) is 12.1 Å². The summed E-state index contributed by atoms with van der Waals surface area (Å²) in [5, 5.41) is 5.99. The molecule has 0 aliphatic carbocycles. The lowest BCUT2D eigenvalue weighted by Gasteiger charge is -2.25. The van der Waals surface area contributed by atoms with Crippen LogP contribution in [0.2, 0.25) is 0 Å². The average Bonchev–Trinajstić information content (AvgIpc) is 2.42. The molecule has 0 fully saturated rings. The zero-order valence-corrected chi connectivity index (χ0v) is 11.5. The number of carbonyl (C=O) groups is 1. The highest BCUT2D eigenvalue weighted by atomic mass is 16.1. The first-order valence-electron chi connectivity index (χ1n) is 6.47. The van der Waals surface area contributed by atoms with Crippen LogP contribution in [-0.2, 0) is 11.3 Å². The van der Waals surface area contributed by atoms with Gasteiger partial charge in [-0.15, -0.1) is 0 Å². The lowest BCUT2D eigenvalue weighted by molar-refractivity contribution is -0.119. The molecule has 0 unspecified atom stereocenters. The van der Waals surface area contributed by atoms with Crippen LogP contribution in [0.25, 0.3) is 0 Å². The summed E-state index contributed by atoms with van der Waals surface area (Å²) < 4.78 is 0. The van der Waals surface area contributed by atoms with Gasteiger partial charge in [-0.3, -0.25) is 4.79 Å². The van der Waals surface area contributed by atoms with E-state index < -0.39 is 0 Å². The Morgan fingerprint density at radius 1 is 1.28 bits per heavy atom. The summed E-state index contributed by atoms with van der Waals surface area (Å²) >= 11 is 0. The second-order valence-electron chi connectivity index (χ2n) is 4.10. The van der Waals surface area contributed by atoms with Crippen LogP contribution >= 0.6 is 0 Å². The Morgan fingerprint density at radius 2 is 2.00 bits per heavy atom. The first kappa shape index (κ1) is 14.5. The summed E-state index contributed by atoms with van der Waals surface area (Å²) in [5.74, 6) is 0.0371. The van der Waals surface area contributed by atoms with Crippen molar-refractivity contribution in [3.8, 4) is 0 Å². The Hall–Kier alpha value is -1.55. The van der Waals surface area contributed by atoms with Crippen molar-refractivity contribution in [3.05, 3.63) is 29.8 Å². The zero-order valence-electron chi connectivity index (χ0n) is 11.5. The fourth-order valence-electron chi connectivity index (χ4n) is 1.85. The quantitative estimate of drug-likeness (QED) is 0.767. The first-order chi connectivity index (χ1) is 8.72. The van der Waals surface area contributed by atoms with Crippen LogP contribution in [0.5, 0.6) is 0 Å². The van der Waals surface area contributed by atoms with Gasteiger partial charge in [0, 0.05) is 25.8 Å². The van der Waals surface area contributed by atoms with Crippen LogP contribution in [0.3, 0.4) is 0 Å². The number of para-hydroxylation sites is 1. The summed E-state index contributed by atoms with van der Waals surface area (Å²) in [4.78, 5) is 13.6. The summed E-state index contributed by atoms with van der Waals surface area (Å²) in [5.41, 5.74) is 2.36. The van der Waals surface area contributed by atoms with Crippen LogP contribution in [-0.4, -0.2) is 32.6 Å². The van der Waals surface area contributed by atoms with Crippen LogP contribution in [0, 0.1) is 0 Å². The molecule has 0 aliphatic heterocycles. The third-order valence-corrected chi connectivity index (χ3v) is 2.89. The Bertz CT molecular complexity index is 379. The molecule has 0 atom stereocenters. The fourth-order valence-corrected chi connectivity index (χ4v) is 1.85. The third-order valence-electron chi connectivity index (χ3n) is 2.89. The van der Waals surface area contributed by atoms with E-state index in [0.717, 1.165) is 25.3 Å². The number of amides is 1. The van der Waals surface area contributed by atoms with Crippen LogP contribution < -0.4 is 15.5 Å². The van der Waals surface area contributed by atoms with Gasteiger partial charge in [0.2, 0.25) is 5.91 Å². The molecule has 1 aromatic rings. The molecule has 0 bridgehead atoms. The molecule has 0 spiro atoms.